The molecule has 17 heavy (non-hydrogen) atoms. The van der Waals surface area contributed by atoms with Crippen LogP contribution >= 0.6 is 11.5 Å². The summed E-state index contributed by atoms with van der Waals surface area (Å²) >= 11 is 1.16. The molecular formula is C10H13N5OS. The van der Waals surface area contributed by atoms with Crippen LogP contribution in [0.3, 0.4) is 0 Å². The van der Waals surface area contributed by atoms with Crippen molar-refractivity contribution in [3.63, 3.8) is 0 Å². The maximum Gasteiger partial charge on any atom is 0.223 e. The predicted octanol–water partition coefficient (Wildman–Crippen LogP) is 0.535. The first-order chi connectivity index (χ1) is 8.22. The zero-order valence-corrected chi connectivity index (χ0v) is 10.0. The first-order valence-corrected chi connectivity index (χ1v) is 6.16. The van der Waals surface area contributed by atoms with Gasteiger partial charge in [0.15, 0.2) is 5.82 Å². The molecule has 1 amide bonds. The molecule has 0 bridgehead atoms. The van der Waals surface area contributed by atoms with Crippen molar-refractivity contribution < 1.29 is 4.79 Å². The van der Waals surface area contributed by atoms with E-state index in [0.717, 1.165) is 24.4 Å². The van der Waals surface area contributed by atoms with Crippen molar-refractivity contribution in [2.24, 2.45) is 5.92 Å². The first-order valence-electron chi connectivity index (χ1n) is 5.39. The number of carbonyl (C=O) groups is 1. The van der Waals surface area contributed by atoms with E-state index < -0.39 is 0 Å². The number of anilines is 2. The van der Waals surface area contributed by atoms with Crippen LogP contribution in [0.4, 0.5) is 10.8 Å². The minimum atomic E-state index is 0.121. The first kappa shape index (κ1) is 11.7. The summed E-state index contributed by atoms with van der Waals surface area (Å²) in [6.45, 7) is 1.10. The molecule has 90 valence electrons. The normalized spacial score (nSPS) is 14.1. The molecule has 7 heteroatoms. The van der Waals surface area contributed by atoms with Crippen molar-refractivity contribution in [2.75, 3.05) is 24.1 Å². The summed E-state index contributed by atoms with van der Waals surface area (Å²) in [7, 11) is 0. The van der Waals surface area contributed by atoms with E-state index in [0.29, 0.717) is 23.7 Å². The second kappa shape index (κ2) is 5.01. The maximum absolute atomic E-state index is 11.3. The quantitative estimate of drug-likeness (QED) is 0.662. The summed E-state index contributed by atoms with van der Waals surface area (Å²) in [5.41, 5.74) is 5.90. The van der Waals surface area contributed by atoms with Crippen molar-refractivity contribution in [1.29, 1.82) is 5.26 Å². The zero-order valence-electron chi connectivity index (χ0n) is 9.19. The third-order valence-electron chi connectivity index (χ3n) is 2.49. The van der Waals surface area contributed by atoms with Gasteiger partial charge in [-0.15, -0.1) is 0 Å². The fourth-order valence-electron chi connectivity index (χ4n) is 1.38. The molecule has 1 aliphatic carbocycles. The van der Waals surface area contributed by atoms with Crippen molar-refractivity contribution in [2.45, 2.75) is 12.8 Å². The number of carbonyl (C=O) groups excluding carboxylic acids is 1. The Morgan fingerprint density at radius 2 is 2.35 bits per heavy atom. The molecule has 0 spiro atoms. The van der Waals surface area contributed by atoms with Gasteiger partial charge in [-0.1, -0.05) is 0 Å². The standard InChI is InChI=1S/C10H13N5OS/c11-5-7-8(12)15-17-10(7)14-4-3-13-9(16)6-1-2-6/h6,14H,1-4H2,(H2,12,15)(H,13,16). The summed E-state index contributed by atoms with van der Waals surface area (Å²) in [5.74, 6) is 0.599. The van der Waals surface area contributed by atoms with Crippen LogP contribution in [0.1, 0.15) is 18.4 Å². The predicted molar refractivity (Wildman–Crippen MR) is 65.5 cm³/mol. The zero-order chi connectivity index (χ0) is 12.3. The maximum atomic E-state index is 11.3. The third-order valence-corrected chi connectivity index (χ3v) is 3.31. The molecule has 0 radical (unpaired) electrons. The van der Waals surface area contributed by atoms with Gasteiger partial charge in [-0.05, 0) is 24.4 Å². The number of hydrogen-bond acceptors (Lipinski definition) is 6. The topological polar surface area (TPSA) is 104 Å². The largest absolute Gasteiger partial charge is 0.382 e. The Bertz CT molecular complexity index is 460. The molecule has 1 heterocycles. The summed E-state index contributed by atoms with van der Waals surface area (Å²) in [6, 6.07) is 1.99. The molecule has 0 atom stereocenters. The lowest BCUT2D eigenvalue weighted by Crippen LogP contribution is -2.29. The van der Waals surface area contributed by atoms with Crippen LogP contribution in [0.25, 0.3) is 0 Å². The second-order valence-electron chi connectivity index (χ2n) is 3.88. The van der Waals surface area contributed by atoms with Gasteiger partial charge in [-0.2, -0.15) is 9.64 Å². The molecule has 1 aromatic rings. The Labute approximate surface area is 103 Å². The number of nitriles is 1. The highest BCUT2D eigenvalue weighted by Gasteiger charge is 2.28. The van der Waals surface area contributed by atoms with Crippen LogP contribution < -0.4 is 16.4 Å². The fourth-order valence-corrected chi connectivity index (χ4v) is 2.07. The Morgan fingerprint density at radius 1 is 1.59 bits per heavy atom. The van der Waals surface area contributed by atoms with E-state index in [4.69, 9.17) is 11.0 Å². The summed E-state index contributed by atoms with van der Waals surface area (Å²) in [6.07, 6.45) is 2.01. The number of nitrogen functional groups attached to an aromatic ring is 1. The Hall–Kier alpha value is -1.81. The molecule has 6 nitrogen and oxygen atoms in total. The highest BCUT2D eigenvalue weighted by atomic mass is 32.1. The van der Waals surface area contributed by atoms with Gasteiger partial charge in [0.05, 0.1) is 0 Å². The number of amides is 1. The summed E-state index contributed by atoms with van der Waals surface area (Å²) < 4.78 is 3.89. The Morgan fingerprint density at radius 3 is 3.00 bits per heavy atom. The third kappa shape index (κ3) is 2.85. The average molecular weight is 251 g/mol. The lowest BCUT2D eigenvalue weighted by molar-refractivity contribution is -0.122. The number of hydrogen-bond donors (Lipinski definition) is 3. The molecule has 0 aliphatic heterocycles. The van der Waals surface area contributed by atoms with Crippen molar-refractivity contribution in [3.05, 3.63) is 5.56 Å². The van der Waals surface area contributed by atoms with Crippen LogP contribution in [0, 0.1) is 17.2 Å². The second-order valence-corrected chi connectivity index (χ2v) is 4.65. The SMILES string of the molecule is N#Cc1c(N)nsc1NCCNC(=O)C1CC1. The van der Waals surface area contributed by atoms with Crippen LogP contribution in [-0.2, 0) is 4.79 Å². The van der Waals surface area contributed by atoms with Gasteiger partial charge in [0.2, 0.25) is 5.91 Å². The molecule has 0 saturated heterocycles. The molecule has 0 unspecified atom stereocenters. The Kier molecular flexibility index (Phi) is 3.44. The van der Waals surface area contributed by atoms with E-state index in [1.807, 2.05) is 6.07 Å². The van der Waals surface area contributed by atoms with Crippen molar-refractivity contribution >= 4 is 28.3 Å². The van der Waals surface area contributed by atoms with Gasteiger partial charge in [0.25, 0.3) is 0 Å². The van der Waals surface area contributed by atoms with Crippen molar-refractivity contribution in [3.8, 4) is 6.07 Å². The molecule has 1 fully saturated rings. The van der Waals surface area contributed by atoms with E-state index >= 15 is 0 Å². The van der Waals surface area contributed by atoms with E-state index in [1.54, 1.807) is 0 Å². The van der Waals surface area contributed by atoms with Gasteiger partial charge < -0.3 is 16.4 Å². The monoisotopic (exact) mass is 251 g/mol. The molecule has 1 aliphatic rings. The lowest BCUT2D eigenvalue weighted by Gasteiger charge is -2.05. The minimum absolute atomic E-state index is 0.121. The number of rotatable bonds is 5. The van der Waals surface area contributed by atoms with Crippen LogP contribution in [-0.4, -0.2) is 23.4 Å². The van der Waals surface area contributed by atoms with E-state index in [2.05, 4.69) is 15.0 Å². The summed E-state index contributed by atoms with van der Waals surface area (Å²) in [5, 5.41) is 15.4. The van der Waals surface area contributed by atoms with Gasteiger partial charge >= 0.3 is 0 Å². The van der Waals surface area contributed by atoms with E-state index in [-0.39, 0.29) is 17.6 Å². The molecular weight excluding hydrogens is 238 g/mol. The molecule has 1 aromatic heterocycles. The average Bonchev–Trinajstić information content (AvgIpc) is 3.10. The number of nitrogens with zero attached hydrogens (tertiary/aromatic N) is 2. The highest BCUT2D eigenvalue weighted by Crippen LogP contribution is 2.28. The van der Waals surface area contributed by atoms with Crippen LogP contribution in [0.5, 0.6) is 0 Å². The van der Waals surface area contributed by atoms with E-state index in [9.17, 15) is 4.79 Å². The van der Waals surface area contributed by atoms with Gasteiger partial charge in [-0.25, -0.2) is 0 Å². The number of nitrogens with two attached hydrogens (primary N) is 1. The number of aromatic nitrogens is 1. The molecule has 0 aromatic carbocycles. The molecule has 4 N–H and O–H groups in total. The molecule has 1 saturated carbocycles. The van der Waals surface area contributed by atoms with Gasteiger partial charge in [0, 0.05) is 19.0 Å². The lowest BCUT2D eigenvalue weighted by atomic mass is 10.3. The molecule has 2 rings (SSSR count). The van der Waals surface area contributed by atoms with Crippen LogP contribution in [0.15, 0.2) is 0 Å². The summed E-state index contributed by atoms with van der Waals surface area (Å²) in [4.78, 5) is 11.3. The van der Waals surface area contributed by atoms with Crippen molar-refractivity contribution in [1.82, 2.24) is 9.69 Å². The van der Waals surface area contributed by atoms with Crippen LogP contribution in [0.2, 0.25) is 0 Å². The van der Waals surface area contributed by atoms with Gasteiger partial charge in [-0.3, -0.25) is 4.79 Å². The minimum Gasteiger partial charge on any atom is -0.382 e. The number of nitrogens with one attached hydrogen (secondary N) is 2. The van der Waals surface area contributed by atoms with Gasteiger partial charge in [0.1, 0.15) is 16.6 Å². The van der Waals surface area contributed by atoms with E-state index in [1.165, 1.54) is 0 Å². The smallest absolute Gasteiger partial charge is 0.223 e. The fraction of sp³-hybridized carbons (Fsp3) is 0.500. The highest BCUT2D eigenvalue weighted by molar-refractivity contribution is 7.10. The Balaban J connectivity index is 1.74.